The van der Waals surface area contributed by atoms with Gasteiger partial charge in [-0.05, 0) is 67.7 Å². The second kappa shape index (κ2) is 5.70. The fourth-order valence-electron chi connectivity index (χ4n) is 3.45. The van der Waals surface area contributed by atoms with Crippen molar-refractivity contribution in [3.05, 3.63) is 58.6 Å². The maximum atomic E-state index is 11.3. The molecule has 1 aromatic heterocycles. The van der Waals surface area contributed by atoms with Crippen LogP contribution in [0.3, 0.4) is 0 Å². The molecule has 2 heterocycles. The van der Waals surface area contributed by atoms with Gasteiger partial charge in [0.15, 0.2) is 5.58 Å². The molecule has 1 saturated heterocycles. The van der Waals surface area contributed by atoms with Gasteiger partial charge < -0.3 is 4.42 Å². The second-order valence-corrected chi connectivity index (χ2v) is 6.27. The Morgan fingerprint density at radius 2 is 1.87 bits per heavy atom. The van der Waals surface area contributed by atoms with Gasteiger partial charge in [-0.2, -0.15) is 0 Å². The zero-order chi connectivity index (χ0) is 15.8. The second-order valence-electron chi connectivity index (χ2n) is 6.27. The zero-order valence-electron chi connectivity index (χ0n) is 13.2. The van der Waals surface area contributed by atoms with E-state index >= 15 is 0 Å². The molecule has 1 N–H and O–H groups in total. The highest BCUT2D eigenvalue weighted by Gasteiger charge is 2.19. The van der Waals surface area contributed by atoms with Crippen molar-refractivity contribution in [3.8, 4) is 11.1 Å². The number of likely N-dealkylation sites (tertiary alicyclic amines) is 1. The van der Waals surface area contributed by atoms with Gasteiger partial charge in [-0.15, -0.1) is 0 Å². The zero-order valence-corrected chi connectivity index (χ0v) is 13.2. The highest BCUT2D eigenvalue weighted by molar-refractivity contribution is 5.80. The van der Waals surface area contributed by atoms with E-state index in [1.165, 1.54) is 31.5 Å². The molecule has 0 radical (unpaired) electrons. The largest absolute Gasteiger partial charge is 0.417 e. The molecule has 118 valence electrons. The van der Waals surface area contributed by atoms with Gasteiger partial charge in [0.1, 0.15) is 0 Å². The number of nitrogens with zero attached hydrogens (tertiary/aromatic N) is 1. The van der Waals surface area contributed by atoms with Crippen LogP contribution in [0, 0.1) is 0 Å². The molecule has 0 saturated carbocycles. The van der Waals surface area contributed by atoms with Gasteiger partial charge in [0.2, 0.25) is 0 Å². The van der Waals surface area contributed by atoms with Gasteiger partial charge in [-0.25, -0.2) is 4.79 Å². The molecule has 0 spiro atoms. The van der Waals surface area contributed by atoms with Gasteiger partial charge in [0.05, 0.1) is 5.52 Å². The number of fused-ring (bicyclic) bond motifs is 1. The summed E-state index contributed by atoms with van der Waals surface area (Å²) in [5.41, 5.74) is 4.93. The number of hydrogen-bond acceptors (Lipinski definition) is 3. The quantitative estimate of drug-likeness (QED) is 0.797. The highest BCUT2D eigenvalue weighted by Crippen LogP contribution is 2.29. The summed E-state index contributed by atoms with van der Waals surface area (Å²) in [5.74, 6) is -0.409. The molecule has 4 heteroatoms. The van der Waals surface area contributed by atoms with E-state index in [0.717, 1.165) is 16.6 Å². The number of hydrogen-bond donors (Lipinski definition) is 1. The smallest absolute Gasteiger partial charge is 0.408 e. The van der Waals surface area contributed by atoms with Crippen molar-refractivity contribution >= 4 is 11.1 Å². The SMILES string of the molecule is CC(c1cccc(-c2ccc3oc(=O)[nH]c3c2)c1)N1CCCC1. The molecule has 1 aliphatic rings. The lowest BCUT2D eigenvalue weighted by molar-refractivity contribution is 0.263. The van der Waals surface area contributed by atoms with Gasteiger partial charge in [0, 0.05) is 6.04 Å². The maximum Gasteiger partial charge on any atom is 0.417 e. The minimum Gasteiger partial charge on any atom is -0.408 e. The third kappa shape index (κ3) is 2.70. The Morgan fingerprint density at radius 1 is 1.09 bits per heavy atom. The van der Waals surface area contributed by atoms with Crippen LogP contribution in [-0.4, -0.2) is 23.0 Å². The fraction of sp³-hybridized carbons (Fsp3) is 0.316. The van der Waals surface area contributed by atoms with E-state index in [9.17, 15) is 4.79 Å². The fourth-order valence-corrected chi connectivity index (χ4v) is 3.45. The molecular weight excluding hydrogens is 288 g/mol. The third-order valence-electron chi connectivity index (χ3n) is 4.81. The lowest BCUT2D eigenvalue weighted by Crippen LogP contribution is -2.23. The van der Waals surface area contributed by atoms with Crippen molar-refractivity contribution in [2.75, 3.05) is 13.1 Å². The number of benzene rings is 2. The maximum absolute atomic E-state index is 11.3. The summed E-state index contributed by atoms with van der Waals surface area (Å²) >= 11 is 0. The summed E-state index contributed by atoms with van der Waals surface area (Å²) in [6.07, 6.45) is 2.60. The molecule has 23 heavy (non-hydrogen) atoms. The molecule has 1 unspecified atom stereocenters. The molecule has 4 nitrogen and oxygen atoms in total. The predicted molar refractivity (Wildman–Crippen MR) is 91.5 cm³/mol. The first kappa shape index (κ1) is 14.3. The van der Waals surface area contributed by atoms with E-state index < -0.39 is 5.76 Å². The standard InChI is InChI=1S/C19H20N2O2/c1-13(21-9-2-3-10-21)14-5-4-6-15(11-14)16-7-8-18-17(12-16)20-19(22)23-18/h4-8,11-13H,2-3,9-10H2,1H3,(H,20,22). The number of nitrogens with one attached hydrogen (secondary N) is 1. The van der Waals surface area contributed by atoms with Crippen molar-refractivity contribution in [2.24, 2.45) is 0 Å². The van der Waals surface area contributed by atoms with Gasteiger partial charge in [-0.1, -0.05) is 24.3 Å². The van der Waals surface area contributed by atoms with E-state index in [1.54, 1.807) is 0 Å². The minimum atomic E-state index is -0.409. The van der Waals surface area contributed by atoms with Crippen LogP contribution in [0.1, 0.15) is 31.4 Å². The van der Waals surface area contributed by atoms with Crippen LogP contribution in [0.15, 0.2) is 51.7 Å². The average molecular weight is 308 g/mol. The van der Waals surface area contributed by atoms with Crippen LogP contribution in [0.2, 0.25) is 0 Å². The predicted octanol–water partition coefficient (Wildman–Crippen LogP) is 3.94. The van der Waals surface area contributed by atoms with Crippen LogP contribution in [-0.2, 0) is 0 Å². The number of aromatic nitrogens is 1. The Balaban J connectivity index is 1.70. The van der Waals surface area contributed by atoms with Crippen molar-refractivity contribution in [3.63, 3.8) is 0 Å². The number of H-pyrrole nitrogens is 1. The Labute approximate surface area is 134 Å². The Bertz CT molecular complexity index is 888. The molecule has 0 aliphatic carbocycles. The summed E-state index contributed by atoms with van der Waals surface area (Å²) in [6.45, 7) is 4.66. The molecule has 1 fully saturated rings. The van der Waals surface area contributed by atoms with Gasteiger partial charge in [0.25, 0.3) is 0 Å². The Morgan fingerprint density at radius 3 is 2.70 bits per heavy atom. The first-order valence-electron chi connectivity index (χ1n) is 8.18. The van der Waals surface area contributed by atoms with E-state index in [-0.39, 0.29) is 0 Å². The monoisotopic (exact) mass is 308 g/mol. The third-order valence-corrected chi connectivity index (χ3v) is 4.81. The molecule has 3 aromatic rings. The van der Waals surface area contributed by atoms with Crippen LogP contribution < -0.4 is 5.76 Å². The van der Waals surface area contributed by atoms with Crippen molar-refractivity contribution < 1.29 is 4.42 Å². The van der Waals surface area contributed by atoms with Crippen LogP contribution in [0.4, 0.5) is 0 Å². The van der Waals surface area contributed by atoms with Crippen LogP contribution in [0.25, 0.3) is 22.2 Å². The molecule has 0 bridgehead atoms. The Hall–Kier alpha value is -2.33. The van der Waals surface area contributed by atoms with E-state index in [2.05, 4.69) is 41.1 Å². The highest BCUT2D eigenvalue weighted by atomic mass is 16.4. The van der Waals surface area contributed by atoms with Crippen molar-refractivity contribution in [1.82, 2.24) is 9.88 Å². The average Bonchev–Trinajstić information content (AvgIpc) is 3.22. The lowest BCUT2D eigenvalue weighted by Gasteiger charge is -2.24. The number of oxazole rings is 1. The molecule has 0 amide bonds. The van der Waals surface area contributed by atoms with Crippen molar-refractivity contribution in [2.45, 2.75) is 25.8 Å². The van der Waals surface area contributed by atoms with Crippen LogP contribution in [0.5, 0.6) is 0 Å². The minimum absolute atomic E-state index is 0.409. The molecule has 1 aliphatic heterocycles. The summed E-state index contributed by atoms with van der Waals surface area (Å²) in [5, 5.41) is 0. The first-order chi connectivity index (χ1) is 11.2. The van der Waals surface area contributed by atoms with E-state index in [0.29, 0.717) is 11.6 Å². The summed E-state index contributed by atoms with van der Waals surface area (Å²) in [4.78, 5) is 16.6. The lowest BCUT2D eigenvalue weighted by atomic mass is 9.99. The molecule has 2 aromatic carbocycles. The summed E-state index contributed by atoms with van der Waals surface area (Å²) in [6, 6.07) is 14.9. The van der Waals surface area contributed by atoms with Crippen molar-refractivity contribution in [1.29, 1.82) is 0 Å². The number of aromatic amines is 1. The Kier molecular flexibility index (Phi) is 3.54. The van der Waals surface area contributed by atoms with Crippen LogP contribution >= 0.6 is 0 Å². The van der Waals surface area contributed by atoms with Gasteiger partial charge in [-0.3, -0.25) is 9.88 Å². The molecular formula is C19H20N2O2. The topological polar surface area (TPSA) is 49.2 Å². The molecule has 4 rings (SSSR count). The first-order valence-corrected chi connectivity index (χ1v) is 8.18. The van der Waals surface area contributed by atoms with E-state index in [1.807, 2.05) is 18.2 Å². The normalized spacial score (nSPS) is 16.9. The summed E-state index contributed by atoms with van der Waals surface area (Å²) in [7, 11) is 0. The molecule has 1 atom stereocenters. The number of rotatable bonds is 3. The van der Waals surface area contributed by atoms with E-state index in [4.69, 9.17) is 4.42 Å². The summed E-state index contributed by atoms with van der Waals surface area (Å²) < 4.78 is 5.07. The van der Waals surface area contributed by atoms with Gasteiger partial charge >= 0.3 is 5.76 Å².